The molecule has 0 bridgehead atoms. The first-order valence-electron chi connectivity index (χ1n) is 7.07. The van der Waals surface area contributed by atoms with E-state index in [1.54, 1.807) is 17.9 Å². The molecule has 1 saturated carbocycles. The van der Waals surface area contributed by atoms with E-state index in [1.807, 2.05) is 6.20 Å². The second-order valence-corrected chi connectivity index (χ2v) is 5.70. The Morgan fingerprint density at radius 2 is 2.42 bits per heavy atom. The molecule has 1 fully saturated rings. The molecule has 2 N–H and O–H groups in total. The van der Waals surface area contributed by atoms with Crippen LogP contribution in [-0.4, -0.2) is 28.8 Å². The number of carbonyl (C=O) groups is 1. The van der Waals surface area contributed by atoms with Gasteiger partial charge in [0.1, 0.15) is 6.54 Å². The largest absolute Gasteiger partial charge is 0.379 e. The molecule has 5 nitrogen and oxygen atoms in total. The molecule has 1 aromatic heterocycles. The molecular formula is C14H24N4O. The summed E-state index contributed by atoms with van der Waals surface area (Å²) in [6, 6.07) is 0.509. The topological polar surface area (TPSA) is 59.0 Å². The van der Waals surface area contributed by atoms with Crippen LogP contribution < -0.4 is 10.6 Å². The predicted octanol–water partition coefficient (Wildman–Crippen LogP) is 2.01. The van der Waals surface area contributed by atoms with Gasteiger partial charge in [-0.25, -0.2) is 0 Å². The lowest BCUT2D eigenvalue weighted by Crippen LogP contribution is -2.32. The molecule has 106 valence electrons. The van der Waals surface area contributed by atoms with Crippen molar-refractivity contribution < 1.29 is 4.79 Å². The van der Waals surface area contributed by atoms with Crippen LogP contribution in [0.5, 0.6) is 0 Å². The van der Waals surface area contributed by atoms with Gasteiger partial charge in [0.25, 0.3) is 0 Å². The van der Waals surface area contributed by atoms with E-state index in [4.69, 9.17) is 0 Å². The number of hydrogen-bond donors (Lipinski definition) is 2. The average Bonchev–Trinajstić information content (AvgIpc) is 2.98. The third-order valence-corrected chi connectivity index (χ3v) is 4.45. The number of amides is 1. The molecule has 1 amide bonds. The zero-order valence-electron chi connectivity index (χ0n) is 12.1. The summed E-state index contributed by atoms with van der Waals surface area (Å²) in [6.07, 6.45) is 8.69. The summed E-state index contributed by atoms with van der Waals surface area (Å²) >= 11 is 0. The average molecular weight is 264 g/mol. The van der Waals surface area contributed by atoms with Crippen LogP contribution in [0.3, 0.4) is 0 Å². The molecule has 0 spiro atoms. The maximum atomic E-state index is 11.3. The van der Waals surface area contributed by atoms with Crippen molar-refractivity contribution in [2.24, 2.45) is 5.41 Å². The van der Waals surface area contributed by atoms with Crippen molar-refractivity contribution in [1.29, 1.82) is 0 Å². The second-order valence-electron chi connectivity index (χ2n) is 5.70. The van der Waals surface area contributed by atoms with Crippen LogP contribution >= 0.6 is 0 Å². The monoisotopic (exact) mass is 264 g/mol. The van der Waals surface area contributed by atoms with Crippen molar-refractivity contribution >= 4 is 11.6 Å². The van der Waals surface area contributed by atoms with Crippen molar-refractivity contribution in [2.75, 3.05) is 12.4 Å². The highest BCUT2D eigenvalue weighted by molar-refractivity contribution is 5.75. The van der Waals surface area contributed by atoms with E-state index in [1.165, 1.54) is 25.7 Å². The Hall–Kier alpha value is -1.52. The van der Waals surface area contributed by atoms with Gasteiger partial charge in [0.2, 0.25) is 5.91 Å². The Morgan fingerprint density at radius 1 is 1.63 bits per heavy atom. The number of carbonyl (C=O) groups excluding carboxylic acids is 1. The van der Waals surface area contributed by atoms with Gasteiger partial charge in [-0.2, -0.15) is 5.10 Å². The standard InChI is InChI=1S/C14H24N4O/c1-4-14(2)7-5-6-12(14)17-11-8-16-18(9-11)10-13(19)15-3/h8-9,12,17H,4-7,10H2,1-3H3,(H,15,19). The highest BCUT2D eigenvalue weighted by Gasteiger charge is 2.37. The number of likely N-dealkylation sites (N-methyl/N-ethyl adjacent to an activating group) is 1. The SMILES string of the molecule is CCC1(C)CCCC1Nc1cnn(CC(=O)NC)c1. The predicted molar refractivity (Wildman–Crippen MR) is 76.0 cm³/mol. The van der Waals surface area contributed by atoms with Gasteiger partial charge in [0, 0.05) is 19.3 Å². The van der Waals surface area contributed by atoms with Gasteiger partial charge in [-0.1, -0.05) is 20.3 Å². The lowest BCUT2D eigenvalue weighted by atomic mass is 9.82. The van der Waals surface area contributed by atoms with E-state index in [2.05, 4.69) is 29.6 Å². The summed E-state index contributed by atoms with van der Waals surface area (Å²) < 4.78 is 1.67. The smallest absolute Gasteiger partial charge is 0.241 e. The number of nitrogens with zero attached hydrogens (tertiary/aromatic N) is 2. The van der Waals surface area contributed by atoms with Crippen molar-refractivity contribution in [3.8, 4) is 0 Å². The first-order chi connectivity index (χ1) is 9.07. The zero-order valence-corrected chi connectivity index (χ0v) is 12.1. The van der Waals surface area contributed by atoms with E-state index in [0.29, 0.717) is 11.5 Å². The second kappa shape index (κ2) is 5.63. The van der Waals surface area contributed by atoms with Gasteiger partial charge in [-0.3, -0.25) is 9.48 Å². The molecule has 0 radical (unpaired) electrons. The first kappa shape index (κ1) is 13.9. The van der Waals surface area contributed by atoms with Gasteiger partial charge < -0.3 is 10.6 Å². The van der Waals surface area contributed by atoms with Gasteiger partial charge in [-0.05, 0) is 24.7 Å². The van der Waals surface area contributed by atoms with Crippen molar-refractivity contribution in [3.63, 3.8) is 0 Å². The van der Waals surface area contributed by atoms with Crippen molar-refractivity contribution in [3.05, 3.63) is 12.4 Å². The lowest BCUT2D eigenvalue weighted by Gasteiger charge is -2.31. The van der Waals surface area contributed by atoms with Crippen LogP contribution in [0.4, 0.5) is 5.69 Å². The minimum absolute atomic E-state index is 0.0334. The minimum atomic E-state index is -0.0334. The fraction of sp³-hybridized carbons (Fsp3) is 0.714. The molecule has 0 aliphatic heterocycles. The summed E-state index contributed by atoms with van der Waals surface area (Å²) in [4.78, 5) is 11.3. The Bertz CT molecular complexity index is 442. The third-order valence-electron chi connectivity index (χ3n) is 4.45. The molecule has 1 aliphatic rings. The van der Waals surface area contributed by atoms with Crippen LogP contribution in [-0.2, 0) is 11.3 Å². The number of aromatic nitrogens is 2. The molecule has 1 aliphatic carbocycles. The van der Waals surface area contributed by atoms with E-state index >= 15 is 0 Å². The molecular weight excluding hydrogens is 240 g/mol. The zero-order chi connectivity index (χ0) is 13.9. The third kappa shape index (κ3) is 3.08. The summed E-state index contributed by atoms with van der Waals surface area (Å²) in [5.41, 5.74) is 1.39. The van der Waals surface area contributed by atoms with E-state index in [0.717, 1.165) is 5.69 Å². The number of nitrogens with one attached hydrogen (secondary N) is 2. The molecule has 2 rings (SSSR count). The Morgan fingerprint density at radius 3 is 3.11 bits per heavy atom. The highest BCUT2D eigenvalue weighted by Crippen LogP contribution is 2.42. The quantitative estimate of drug-likeness (QED) is 0.855. The van der Waals surface area contributed by atoms with E-state index in [-0.39, 0.29) is 12.5 Å². The van der Waals surface area contributed by atoms with Crippen LogP contribution in [0.2, 0.25) is 0 Å². The fourth-order valence-corrected chi connectivity index (χ4v) is 2.85. The summed E-state index contributed by atoms with van der Waals surface area (Å²) in [5, 5.41) is 10.4. The lowest BCUT2D eigenvalue weighted by molar-refractivity contribution is -0.121. The van der Waals surface area contributed by atoms with E-state index < -0.39 is 0 Å². The molecule has 19 heavy (non-hydrogen) atoms. The number of rotatable bonds is 5. The molecule has 2 atom stereocenters. The molecule has 1 heterocycles. The van der Waals surface area contributed by atoms with Crippen molar-refractivity contribution in [2.45, 2.75) is 52.1 Å². The number of hydrogen-bond acceptors (Lipinski definition) is 3. The maximum Gasteiger partial charge on any atom is 0.241 e. The molecule has 0 aromatic carbocycles. The van der Waals surface area contributed by atoms with Gasteiger partial charge >= 0.3 is 0 Å². The summed E-state index contributed by atoms with van der Waals surface area (Å²) in [7, 11) is 1.64. The minimum Gasteiger partial charge on any atom is -0.379 e. The normalized spacial score (nSPS) is 26.4. The molecule has 5 heteroatoms. The van der Waals surface area contributed by atoms with Crippen molar-refractivity contribution in [1.82, 2.24) is 15.1 Å². The Labute approximate surface area is 114 Å². The highest BCUT2D eigenvalue weighted by atomic mass is 16.1. The molecule has 2 unspecified atom stereocenters. The number of anilines is 1. The van der Waals surface area contributed by atoms with Gasteiger partial charge in [-0.15, -0.1) is 0 Å². The fourth-order valence-electron chi connectivity index (χ4n) is 2.85. The first-order valence-corrected chi connectivity index (χ1v) is 7.07. The van der Waals surface area contributed by atoms with Crippen LogP contribution in [0.25, 0.3) is 0 Å². The Kier molecular flexibility index (Phi) is 4.12. The molecule has 1 aromatic rings. The van der Waals surface area contributed by atoms with Crippen LogP contribution in [0, 0.1) is 5.41 Å². The summed E-state index contributed by atoms with van der Waals surface area (Å²) in [6.45, 7) is 4.88. The van der Waals surface area contributed by atoms with Crippen LogP contribution in [0.15, 0.2) is 12.4 Å². The molecule has 0 saturated heterocycles. The maximum absolute atomic E-state index is 11.3. The van der Waals surface area contributed by atoms with Gasteiger partial charge in [0.05, 0.1) is 11.9 Å². The summed E-state index contributed by atoms with van der Waals surface area (Å²) in [5.74, 6) is -0.0334. The Balaban J connectivity index is 1.98. The van der Waals surface area contributed by atoms with Gasteiger partial charge in [0.15, 0.2) is 0 Å². The van der Waals surface area contributed by atoms with Crippen LogP contribution in [0.1, 0.15) is 39.5 Å². The van der Waals surface area contributed by atoms with E-state index in [9.17, 15) is 4.79 Å².